The summed E-state index contributed by atoms with van der Waals surface area (Å²) < 4.78 is 12.5. The van der Waals surface area contributed by atoms with E-state index in [0.717, 1.165) is 5.56 Å². The summed E-state index contributed by atoms with van der Waals surface area (Å²) in [5.74, 6) is -0.270. The van der Waals surface area contributed by atoms with Crippen molar-refractivity contribution in [1.82, 2.24) is 4.98 Å². The molecule has 0 atom stereocenters. The summed E-state index contributed by atoms with van der Waals surface area (Å²) in [6.07, 6.45) is 0. The normalized spacial score (nSPS) is 10.2. The molecule has 1 aromatic heterocycles. The Morgan fingerprint density at radius 2 is 1.92 bits per heavy atom. The number of thiazole rings is 1. The van der Waals surface area contributed by atoms with Gasteiger partial charge in [-0.2, -0.15) is 0 Å². The number of aromatic nitrogens is 1. The zero-order chi connectivity index (χ0) is 9.26. The predicted molar refractivity (Wildman–Crippen MR) is 49.2 cm³/mol. The molecule has 0 saturated carbocycles. The second-order valence-electron chi connectivity index (χ2n) is 2.52. The number of rotatable bonds is 1. The molecule has 13 heavy (non-hydrogen) atoms. The molecule has 2 nitrogen and oxygen atoms in total. The van der Waals surface area contributed by atoms with E-state index in [-0.39, 0.29) is 11.7 Å². The molecule has 0 bridgehead atoms. The highest BCUT2D eigenvalue weighted by Crippen LogP contribution is 2.25. The van der Waals surface area contributed by atoms with Crippen LogP contribution < -0.4 is 0 Å². The Kier molecular flexibility index (Phi) is 1.98. The van der Waals surface area contributed by atoms with Gasteiger partial charge >= 0.3 is 0 Å². The molecular weight excluding hydrogens is 189 g/mol. The highest BCUT2D eigenvalue weighted by atomic mass is 32.1. The van der Waals surface area contributed by atoms with Gasteiger partial charge in [0.2, 0.25) is 5.88 Å². The summed E-state index contributed by atoms with van der Waals surface area (Å²) in [7, 11) is 0. The van der Waals surface area contributed by atoms with Crippen molar-refractivity contribution in [2.75, 3.05) is 0 Å². The van der Waals surface area contributed by atoms with Crippen LogP contribution in [0.25, 0.3) is 10.6 Å². The maximum atomic E-state index is 12.5. The van der Waals surface area contributed by atoms with E-state index in [1.54, 1.807) is 17.5 Å². The Bertz CT molecular complexity index is 410. The summed E-state index contributed by atoms with van der Waals surface area (Å²) in [5, 5.41) is 11.2. The van der Waals surface area contributed by atoms with Crippen LogP contribution in [0.1, 0.15) is 0 Å². The van der Waals surface area contributed by atoms with Gasteiger partial charge in [-0.15, -0.1) is 11.3 Å². The van der Waals surface area contributed by atoms with Crippen LogP contribution in [0.5, 0.6) is 5.88 Å². The third kappa shape index (κ3) is 1.67. The summed E-state index contributed by atoms with van der Waals surface area (Å²) in [6.45, 7) is 0. The quantitative estimate of drug-likeness (QED) is 0.758. The van der Waals surface area contributed by atoms with Crippen LogP contribution in [0.15, 0.2) is 29.6 Å². The summed E-state index contributed by atoms with van der Waals surface area (Å²) >= 11 is 1.32. The molecule has 0 aliphatic rings. The van der Waals surface area contributed by atoms with Crippen LogP contribution in [0.4, 0.5) is 4.39 Å². The van der Waals surface area contributed by atoms with Gasteiger partial charge in [-0.25, -0.2) is 9.37 Å². The standard InChI is InChI=1S/C9H6FNOS/c10-7-3-1-6(2-4-7)9-11-8(12)5-13-9/h1-5,12H. The summed E-state index contributed by atoms with van der Waals surface area (Å²) in [5.41, 5.74) is 0.812. The van der Waals surface area contributed by atoms with Crippen molar-refractivity contribution in [2.45, 2.75) is 0 Å². The van der Waals surface area contributed by atoms with Gasteiger partial charge in [-0.05, 0) is 24.3 Å². The molecule has 2 aromatic rings. The van der Waals surface area contributed by atoms with Gasteiger partial charge in [-0.1, -0.05) is 0 Å². The fourth-order valence-corrected chi connectivity index (χ4v) is 1.68. The van der Waals surface area contributed by atoms with Gasteiger partial charge in [0, 0.05) is 5.56 Å². The maximum absolute atomic E-state index is 12.5. The fraction of sp³-hybridized carbons (Fsp3) is 0. The number of halogens is 1. The van der Waals surface area contributed by atoms with Crippen molar-refractivity contribution in [3.63, 3.8) is 0 Å². The smallest absolute Gasteiger partial charge is 0.222 e. The molecule has 0 spiro atoms. The minimum absolute atomic E-state index is 0.00400. The lowest BCUT2D eigenvalue weighted by molar-refractivity contribution is 0.458. The molecule has 0 fully saturated rings. The predicted octanol–water partition coefficient (Wildman–Crippen LogP) is 2.65. The van der Waals surface area contributed by atoms with Gasteiger partial charge < -0.3 is 5.11 Å². The molecular formula is C9H6FNOS. The van der Waals surface area contributed by atoms with E-state index < -0.39 is 0 Å². The number of nitrogens with zero attached hydrogens (tertiary/aromatic N) is 1. The molecule has 1 N–H and O–H groups in total. The van der Waals surface area contributed by atoms with Crippen LogP contribution >= 0.6 is 11.3 Å². The average Bonchev–Trinajstić information content (AvgIpc) is 2.53. The Morgan fingerprint density at radius 1 is 1.23 bits per heavy atom. The minimum Gasteiger partial charge on any atom is -0.493 e. The molecule has 0 aliphatic carbocycles. The van der Waals surface area contributed by atoms with E-state index in [1.807, 2.05) is 0 Å². The van der Waals surface area contributed by atoms with Gasteiger partial charge in [-0.3, -0.25) is 0 Å². The van der Waals surface area contributed by atoms with Gasteiger partial charge in [0.05, 0.1) is 5.38 Å². The van der Waals surface area contributed by atoms with Gasteiger partial charge in [0.15, 0.2) is 0 Å². The lowest BCUT2D eigenvalue weighted by atomic mass is 10.2. The molecule has 66 valence electrons. The van der Waals surface area contributed by atoms with Gasteiger partial charge in [0.1, 0.15) is 10.8 Å². The summed E-state index contributed by atoms with van der Waals surface area (Å²) in [4.78, 5) is 3.86. The molecule has 1 heterocycles. The highest BCUT2D eigenvalue weighted by Gasteiger charge is 2.02. The lowest BCUT2D eigenvalue weighted by Crippen LogP contribution is -1.76. The maximum Gasteiger partial charge on any atom is 0.222 e. The summed E-state index contributed by atoms with van der Waals surface area (Å²) in [6, 6.07) is 6.00. The first-order chi connectivity index (χ1) is 6.25. The molecule has 0 saturated heterocycles. The first-order valence-corrected chi connectivity index (χ1v) is 4.54. The molecule has 2 rings (SSSR count). The number of hydrogen-bond donors (Lipinski definition) is 1. The molecule has 0 radical (unpaired) electrons. The second kappa shape index (κ2) is 3.14. The van der Waals surface area contributed by atoms with Crippen LogP contribution in [0.3, 0.4) is 0 Å². The zero-order valence-electron chi connectivity index (χ0n) is 6.57. The first kappa shape index (κ1) is 8.19. The Balaban J connectivity index is 2.41. The Hall–Kier alpha value is -1.42. The topological polar surface area (TPSA) is 33.1 Å². The first-order valence-electron chi connectivity index (χ1n) is 3.66. The largest absolute Gasteiger partial charge is 0.493 e. The van der Waals surface area contributed by atoms with E-state index in [9.17, 15) is 4.39 Å². The molecule has 1 aromatic carbocycles. The molecule has 4 heteroatoms. The van der Waals surface area contributed by atoms with Crippen LogP contribution in [0, 0.1) is 5.82 Å². The van der Waals surface area contributed by atoms with E-state index >= 15 is 0 Å². The molecule has 0 aliphatic heterocycles. The van der Waals surface area contributed by atoms with Crippen molar-refractivity contribution in [3.05, 3.63) is 35.5 Å². The monoisotopic (exact) mass is 195 g/mol. The molecule has 0 unspecified atom stereocenters. The van der Waals surface area contributed by atoms with Crippen molar-refractivity contribution in [2.24, 2.45) is 0 Å². The number of hydrogen-bond acceptors (Lipinski definition) is 3. The van der Waals surface area contributed by atoms with Crippen molar-refractivity contribution in [1.29, 1.82) is 0 Å². The van der Waals surface area contributed by atoms with Crippen LogP contribution in [0.2, 0.25) is 0 Å². The SMILES string of the molecule is Oc1csc(-c2ccc(F)cc2)n1. The third-order valence-corrected chi connectivity index (χ3v) is 2.46. The van der Waals surface area contributed by atoms with Crippen molar-refractivity contribution < 1.29 is 9.50 Å². The Labute approximate surface area is 78.3 Å². The van der Waals surface area contributed by atoms with Crippen molar-refractivity contribution >= 4 is 11.3 Å². The van der Waals surface area contributed by atoms with Crippen molar-refractivity contribution in [3.8, 4) is 16.5 Å². The number of benzene rings is 1. The second-order valence-corrected chi connectivity index (χ2v) is 3.38. The van der Waals surface area contributed by atoms with E-state index in [2.05, 4.69) is 4.98 Å². The zero-order valence-corrected chi connectivity index (χ0v) is 7.38. The Morgan fingerprint density at radius 3 is 2.46 bits per heavy atom. The average molecular weight is 195 g/mol. The van der Waals surface area contributed by atoms with E-state index in [0.29, 0.717) is 5.01 Å². The lowest BCUT2D eigenvalue weighted by Gasteiger charge is -1.93. The third-order valence-electron chi connectivity index (χ3n) is 1.58. The van der Waals surface area contributed by atoms with E-state index in [4.69, 9.17) is 5.11 Å². The van der Waals surface area contributed by atoms with Gasteiger partial charge in [0.25, 0.3) is 0 Å². The minimum atomic E-state index is -0.274. The highest BCUT2D eigenvalue weighted by molar-refractivity contribution is 7.13. The van der Waals surface area contributed by atoms with Crippen LogP contribution in [-0.4, -0.2) is 10.1 Å². The number of aromatic hydroxyl groups is 1. The molecule has 0 amide bonds. The van der Waals surface area contributed by atoms with Crippen LogP contribution in [-0.2, 0) is 0 Å². The fourth-order valence-electron chi connectivity index (χ4n) is 0.990. The van der Waals surface area contributed by atoms with E-state index in [1.165, 1.54) is 23.5 Å².